The number of allylic oxidation sites excluding steroid dienone is 1. The van der Waals surface area contributed by atoms with Crippen LogP contribution in [0.5, 0.6) is 0 Å². The normalized spacial score (nSPS) is 12.4. The second-order valence-electron chi connectivity index (χ2n) is 7.86. The predicted molar refractivity (Wildman–Crippen MR) is 131 cm³/mol. The molecule has 0 saturated heterocycles. The highest BCUT2D eigenvalue weighted by Gasteiger charge is 2.23. The van der Waals surface area contributed by atoms with Crippen molar-refractivity contribution < 1.29 is 17.9 Å². The van der Waals surface area contributed by atoms with Gasteiger partial charge < -0.3 is 15.4 Å². The maximum atomic E-state index is 14.3. The first-order chi connectivity index (χ1) is 13.9. The molecule has 0 atom stereocenters. The fourth-order valence-electron chi connectivity index (χ4n) is 3.46. The molecule has 2 aromatic heterocycles. The molecule has 6 nitrogen and oxygen atoms in total. The van der Waals surface area contributed by atoms with Gasteiger partial charge in [0, 0.05) is 24.1 Å². The maximum absolute atomic E-state index is 14.3. The van der Waals surface area contributed by atoms with E-state index in [9.17, 15) is 17.9 Å². The fourth-order valence-corrected chi connectivity index (χ4v) is 4.12. The summed E-state index contributed by atoms with van der Waals surface area (Å²) in [6.45, 7) is 5.18. The van der Waals surface area contributed by atoms with Gasteiger partial charge in [0.25, 0.3) is 0 Å². The average Bonchev–Trinajstić information content (AvgIpc) is 2.92. The Kier molecular flexibility index (Phi) is 9.04. The third kappa shape index (κ3) is 5.68. The summed E-state index contributed by atoms with van der Waals surface area (Å²) in [5.74, 6) is -0.375. The van der Waals surface area contributed by atoms with E-state index >= 15 is 0 Å². The average molecular weight is 504 g/mol. The van der Waals surface area contributed by atoms with Gasteiger partial charge in [0.05, 0.1) is 28.2 Å². The van der Waals surface area contributed by atoms with Gasteiger partial charge in [0.2, 0.25) is 0 Å². The summed E-state index contributed by atoms with van der Waals surface area (Å²) < 4.78 is 40.2. The lowest BCUT2D eigenvalue weighted by atomic mass is 10.0. The van der Waals surface area contributed by atoms with Crippen molar-refractivity contribution in [2.45, 2.75) is 37.8 Å². The molecule has 3 aromatic rings. The molecule has 10 heteroatoms. The summed E-state index contributed by atoms with van der Waals surface area (Å²) in [5, 5.41) is 10.4. The Bertz CT molecular complexity index is 1250. The standard InChI is InChI=1S/C22H26FN3O3S.2ClH/c1-14-20(15-6-5-7-17(12-15)30(4,28)29)21-18(26(14)13-16(23)10-11-24)8-9-19(25-21)22(2,3)27;;/h5-10,12,27H,11,13,24H2,1-4H3;2*1H. The van der Waals surface area contributed by atoms with E-state index < -0.39 is 15.4 Å². The van der Waals surface area contributed by atoms with Crippen LogP contribution < -0.4 is 5.73 Å². The summed E-state index contributed by atoms with van der Waals surface area (Å²) in [6.07, 6.45) is 2.47. The van der Waals surface area contributed by atoms with Crippen molar-refractivity contribution in [2.24, 2.45) is 5.73 Å². The lowest BCUT2D eigenvalue weighted by Crippen LogP contribution is -2.17. The number of hydrogen-bond acceptors (Lipinski definition) is 5. The van der Waals surface area contributed by atoms with Gasteiger partial charge in [-0.2, -0.15) is 0 Å². The van der Waals surface area contributed by atoms with Crippen molar-refractivity contribution >= 4 is 45.7 Å². The lowest BCUT2D eigenvalue weighted by molar-refractivity contribution is 0.0742. The van der Waals surface area contributed by atoms with Gasteiger partial charge in [-0.15, -0.1) is 24.8 Å². The molecule has 32 heavy (non-hydrogen) atoms. The van der Waals surface area contributed by atoms with Gasteiger partial charge in [-0.1, -0.05) is 12.1 Å². The van der Waals surface area contributed by atoms with Crippen LogP contribution in [-0.4, -0.2) is 35.9 Å². The molecule has 0 aliphatic rings. The zero-order chi connectivity index (χ0) is 22.3. The number of aromatic nitrogens is 2. The van der Waals surface area contributed by atoms with Crippen LogP contribution in [0.25, 0.3) is 22.2 Å². The van der Waals surface area contributed by atoms with Gasteiger partial charge in [0.15, 0.2) is 9.84 Å². The largest absolute Gasteiger partial charge is 0.384 e. The van der Waals surface area contributed by atoms with Crippen LogP contribution in [0.2, 0.25) is 0 Å². The number of halogens is 3. The number of nitrogens with two attached hydrogens (primary N) is 1. The Balaban J connectivity index is 0.00000256. The summed E-state index contributed by atoms with van der Waals surface area (Å²) in [7, 11) is -3.40. The number of benzene rings is 1. The quantitative estimate of drug-likeness (QED) is 0.522. The van der Waals surface area contributed by atoms with Crippen molar-refractivity contribution in [1.29, 1.82) is 0 Å². The molecule has 0 saturated carbocycles. The van der Waals surface area contributed by atoms with Gasteiger partial charge in [0.1, 0.15) is 11.4 Å². The summed E-state index contributed by atoms with van der Waals surface area (Å²) >= 11 is 0. The monoisotopic (exact) mass is 503 g/mol. The molecule has 3 rings (SSSR count). The molecule has 0 bridgehead atoms. The molecule has 0 radical (unpaired) electrons. The predicted octanol–water partition coefficient (Wildman–Crippen LogP) is 4.30. The van der Waals surface area contributed by atoms with Crippen LogP contribution in [0, 0.1) is 6.92 Å². The van der Waals surface area contributed by atoms with E-state index in [1.54, 1.807) is 48.7 Å². The molecule has 2 heterocycles. The van der Waals surface area contributed by atoms with Gasteiger partial charge >= 0.3 is 0 Å². The van der Waals surface area contributed by atoms with E-state index in [0.717, 1.165) is 11.9 Å². The third-order valence-corrected chi connectivity index (χ3v) is 6.10. The number of rotatable bonds is 6. The minimum atomic E-state index is -3.40. The Hall–Kier alpha value is -1.97. The topological polar surface area (TPSA) is 98.2 Å². The number of nitrogens with zero attached hydrogens (tertiary/aromatic N) is 2. The van der Waals surface area contributed by atoms with E-state index in [0.29, 0.717) is 27.9 Å². The highest BCUT2D eigenvalue weighted by Crippen LogP contribution is 2.36. The van der Waals surface area contributed by atoms with Crippen molar-refractivity contribution in [3.05, 3.63) is 59.7 Å². The first kappa shape index (κ1) is 28.1. The van der Waals surface area contributed by atoms with Crippen LogP contribution in [0.15, 0.2) is 53.2 Å². The highest BCUT2D eigenvalue weighted by molar-refractivity contribution is 7.90. The lowest BCUT2D eigenvalue weighted by Gasteiger charge is -2.16. The fraction of sp³-hybridized carbons (Fsp3) is 0.318. The number of hydrogen-bond donors (Lipinski definition) is 2. The number of aliphatic hydroxyl groups is 1. The van der Waals surface area contributed by atoms with Crippen molar-refractivity contribution in [1.82, 2.24) is 9.55 Å². The van der Waals surface area contributed by atoms with Crippen LogP contribution in [0.3, 0.4) is 0 Å². The van der Waals surface area contributed by atoms with Crippen molar-refractivity contribution in [3.63, 3.8) is 0 Å². The van der Waals surface area contributed by atoms with E-state index in [1.165, 1.54) is 12.1 Å². The maximum Gasteiger partial charge on any atom is 0.175 e. The molecule has 0 unspecified atom stereocenters. The molecule has 0 fully saturated rings. The molecule has 0 aliphatic carbocycles. The molecule has 0 amide bonds. The molecule has 1 aromatic carbocycles. The molecular formula is C22H28Cl2FN3O3S. The van der Waals surface area contributed by atoms with Gasteiger partial charge in [-0.25, -0.2) is 17.8 Å². The summed E-state index contributed by atoms with van der Waals surface area (Å²) in [5.41, 5.74) is 8.06. The first-order valence-corrected chi connectivity index (χ1v) is 11.4. The number of fused-ring (bicyclic) bond motifs is 1. The minimum Gasteiger partial charge on any atom is -0.384 e. The Morgan fingerprint density at radius 3 is 2.47 bits per heavy atom. The molecule has 0 spiro atoms. The van der Waals surface area contributed by atoms with E-state index in [2.05, 4.69) is 4.98 Å². The Labute approximate surface area is 200 Å². The van der Waals surface area contributed by atoms with Gasteiger partial charge in [-0.05, 0) is 56.7 Å². The minimum absolute atomic E-state index is 0. The van der Waals surface area contributed by atoms with Crippen LogP contribution in [0.1, 0.15) is 25.2 Å². The zero-order valence-corrected chi connectivity index (χ0v) is 20.7. The third-order valence-electron chi connectivity index (χ3n) is 4.99. The SMILES string of the molecule is Cc1c(-c2cccc(S(C)(=O)=O)c2)c2nc(C(C)(C)O)ccc2n1CC(F)=CCN.Cl.Cl. The second-order valence-corrected chi connectivity index (χ2v) is 9.87. The number of pyridine rings is 1. The number of sulfone groups is 1. The Morgan fingerprint density at radius 2 is 1.91 bits per heavy atom. The van der Waals surface area contributed by atoms with E-state index in [1.807, 2.05) is 6.92 Å². The highest BCUT2D eigenvalue weighted by atomic mass is 35.5. The van der Waals surface area contributed by atoms with E-state index in [-0.39, 0.29) is 48.6 Å². The van der Waals surface area contributed by atoms with Crippen molar-refractivity contribution in [2.75, 3.05) is 12.8 Å². The summed E-state index contributed by atoms with van der Waals surface area (Å²) in [4.78, 5) is 4.85. The van der Waals surface area contributed by atoms with Crippen LogP contribution in [-0.2, 0) is 22.0 Å². The van der Waals surface area contributed by atoms with Gasteiger partial charge in [-0.3, -0.25) is 0 Å². The van der Waals surface area contributed by atoms with Crippen molar-refractivity contribution in [3.8, 4) is 11.1 Å². The molecular weight excluding hydrogens is 476 g/mol. The molecule has 0 aliphatic heterocycles. The van der Waals surface area contributed by atoms with Crippen LogP contribution in [0.4, 0.5) is 4.39 Å². The Morgan fingerprint density at radius 1 is 1.25 bits per heavy atom. The summed E-state index contributed by atoms with van der Waals surface area (Å²) in [6, 6.07) is 10.1. The smallest absolute Gasteiger partial charge is 0.175 e. The second kappa shape index (κ2) is 10.3. The van der Waals surface area contributed by atoms with E-state index in [4.69, 9.17) is 5.73 Å². The molecule has 3 N–H and O–H groups in total. The first-order valence-electron chi connectivity index (χ1n) is 9.51. The zero-order valence-electron chi connectivity index (χ0n) is 18.3. The van der Waals surface area contributed by atoms with Crippen LogP contribution >= 0.6 is 24.8 Å². The molecule has 176 valence electrons.